The van der Waals surface area contributed by atoms with E-state index < -0.39 is 0 Å². The number of benzene rings is 1. The van der Waals surface area contributed by atoms with Crippen molar-refractivity contribution >= 4 is 11.8 Å². The third kappa shape index (κ3) is 3.87. The second kappa shape index (κ2) is 6.53. The van der Waals surface area contributed by atoms with Gasteiger partial charge in [0, 0.05) is 17.1 Å². The molecule has 0 aliphatic rings. The third-order valence-electron chi connectivity index (χ3n) is 1.78. The average molecular weight is 206 g/mol. The van der Waals surface area contributed by atoms with Gasteiger partial charge >= 0.3 is 0 Å². The van der Waals surface area contributed by atoms with Gasteiger partial charge in [-0.15, -0.1) is 23.6 Å². The Hall–Kier alpha value is -0.910. The third-order valence-corrected chi connectivity index (χ3v) is 2.79. The molecule has 0 saturated carbocycles. The van der Waals surface area contributed by atoms with Gasteiger partial charge in [0.05, 0.1) is 6.61 Å². The van der Waals surface area contributed by atoms with Crippen LogP contribution in [0.5, 0.6) is 0 Å². The Labute approximate surface area is 89.5 Å². The molecule has 1 N–H and O–H groups in total. The minimum Gasteiger partial charge on any atom is -0.392 e. The maximum atomic E-state index is 8.85. The zero-order valence-corrected chi connectivity index (χ0v) is 9.10. The molecule has 0 bridgehead atoms. The highest BCUT2D eigenvalue weighted by atomic mass is 32.2. The Morgan fingerprint density at radius 1 is 1.29 bits per heavy atom. The van der Waals surface area contributed by atoms with Crippen LogP contribution in [0.25, 0.3) is 0 Å². The molecule has 74 valence electrons. The summed E-state index contributed by atoms with van der Waals surface area (Å²) >= 11 is 1.80. The van der Waals surface area contributed by atoms with Crippen molar-refractivity contribution < 1.29 is 5.11 Å². The van der Waals surface area contributed by atoms with Crippen molar-refractivity contribution in [3.8, 4) is 11.8 Å². The largest absolute Gasteiger partial charge is 0.392 e. The summed E-state index contributed by atoms with van der Waals surface area (Å²) in [6.07, 6.45) is 0.933. The molecule has 14 heavy (non-hydrogen) atoms. The van der Waals surface area contributed by atoms with Crippen LogP contribution in [0.15, 0.2) is 29.2 Å². The van der Waals surface area contributed by atoms with E-state index in [1.54, 1.807) is 11.8 Å². The number of hydrogen-bond donors (Lipinski definition) is 1. The molecule has 1 rings (SSSR count). The second-order valence-electron chi connectivity index (χ2n) is 2.83. The lowest BCUT2D eigenvalue weighted by atomic mass is 10.2. The molecule has 0 aromatic heterocycles. The van der Waals surface area contributed by atoms with E-state index in [9.17, 15) is 0 Å². The predicted octanol–water partition coefficient (Wildman–Crippen LogP) is 2.68. The molecule has 0 fully saturated rings. The van der Waals surface area contributed by atoms with Crippen LogP contribution in [0.4, 0.5) is 0 Å². The first-order valence-electron chi connectivity index (χ1n) is 4.59. The van der Waals surface area contributed by atoms with Gasteiger partial charge in [-0.3, -0.25) is 0 Å². The van der Waals surface area contributed by atoms with Gasteiger partial charge in [-0.05, 0) is 24.6 Å². The van der Waals surface area contributed by atoms with E-state index >= 15 is 0 Å². The predicted molar refractivity (Wildman–Crippen MR) is 61.2 cm³/mol. The molecule has 1 nitrogen and oxygen atoms in total. The lowest BCUT2D eigenvalue weighted by molar-refractivity contribution is 0.282. The molecule has 0 spiro atoms. The topological polar surface area (TPSA) is 20.2 Å². The zero-order chi connectivity index (χ0) is 10.2. The average Bonchev–Trinajstić information content (AvgIpc) is 2.25. The molecule has 0 radical (unpaired) electrons. The maximum absolute atomic E-state index is 8.85. The standard InChI is InChI=1S/C12H14OS/c1-2-3-4-9-14-12-7-5-11(10-13)6-8-12/h5-8,13H,4,9-10H2,1H3. The summed E-state index contributed by atoms with van der Waals surface area (Å²) in [5, 5.41) is 8.85. The van der Waals surface area contributed by atoms with Gasteiger partial charge in [-0.25, -0.2) is 0 Å². The number of aliphatic hydroxyl groups is 1. The first-order chi connectivity index (χ1) is 6.86. The van der Waals surface area contributed by atoms with Crippen molar-refractivity contribution in [3.05, 3.63) is 29.8 Å². The fourth-order valence-electron chi connectivity index (χ4n) is 1.04. The molecule has 1 aromatic rings. The molecule has 0 amide bonds. The molecule has 0 saturated heterocycles. The summed E-state index contributed by atoms with van der Waals surface area (Å²) in [6, 6.07) is 7.98. The van der Waals surface area contributed by atoms with Gasteiger partial charge in [0.2, 0.25) is 0 Å². The van der Waals surface area contributed by atoms with Gasteiger partial charge in [-0.1, -0.05) is 12.1 Å². The normalized spacial score (nSPS) is 9.29. The van der Waals surface area contributed by atoms with E-state index in [2.05, 4.69) is 11.8 Å². The highest BCUT2D eigenvalue weighted by Crippen LogP contribution is 2.18. The molecule has 0 aliphatic carbocycles. The van der Waals surface area contributed by atoms with E-state index in [-0.39, 0.29) is 6.61 Å². The van der Waals surface area contributed by atoms with Crippen LogP contribution in [0, 0.1) is 11.8 Å². The minimum absolute atomic E-state index is 0.117. The van der Waals surface area contributed by atoms with Crippen molar-refractivity contribution in [2.45, 2.75) is 24.8 Å². The van der Waals surface area contributed by atoms with Crippen molar-refractivity contribution in [2.24, 2.45) is 0 Å². The van der Waals surface area contributed by atoms with Gasteiger partial charge in [0.1, 0.15) is 0 Å². The molecular weight excluding hydrogens is 192 g/mol. The molecule has 0 unspecified atom stereocenters. The van der Waals surface area contributed by atoms with E-state index in [0.717, 1.165) is 17.7 Å². The van der Waals surface area contributed by atoms with Crippen molar-refractivity contribution in [3.63, 3.8) is 0 Å². The summed E-state index contributed by atoms with van der Waals surface area (Å²) in [4.78, 5) is 1.24. The van der Waals surface area contributed by atoms with E-state index in [0.29, 0.717) is 0 Å². The first-order valence-corrected chi connectivity index (χ1v) is 5.57. The molecule has 0 aliphatic heterocycles. The number of thioether (sulfide) groups is 1. The summed E-state index contributed by atoms with van der Waals surface area (Å²) in [7, 11) is 0. The molecule has 2 heteroatoms. The quantitative estimate of drug-likeness (QED) is 0.464. The highest BCUT2D eigenvalue weighted by molar-refractivity contribution is 7.99. The summed E-state index contributed by atoms with van der Waals surface area (Å²) < 4.78 is 0. The van der Waals surface area contributed by atoms with Crippen molar-refractivity contribution in [2.75, 3.05) is 5.75 Å². The molecule has 0 atom stereocenters. The van der Waals surface area contributed by atoms with Crippen LogP contribution in [-0.4, -0.2) is 10.9 Å². The SMILES string of the molecule is CC#CCCSc1ccc(CO)cc1. The Kier molecular flexibility index (Phi) is 5.21. The van der Waals surface area contributed by atoms with Crippen LogP contribution in [0.3, 0.4) is 0 Å². The number of aliphatic hydroxyl groups excluding tert-OH is 1. The Morgan fingerprint density at radius 2 is 2.00 bits per heavy atom. The summed E-state index contributed by atoms with van der Waals surface area (Å²) in [6.45, 7) is 1.98. The summed E-state index contributed by atoms with van der Waals surface area (Å²) in [5.74, 6) is 6.93. The second-order valence-corrected chi connectivity index (χ2v) is 4.00. The fraction of sp³-hybridized carbons (Fsp3) is 0.333. The molecule has 0 heterocycles. The van der Waals surface area contributed by atoms with Gasteiger partial charge in [0.15, 0.2) is 0 Å². The van der Waals surface area contributed by atoms with E-state index in [1.807, 2.05) is 31.2 Å². The maximum Gasteiger partial charge on any atom is 0.0681 e. The smallest absolute Gasteiger partial charge is 0.0681 e. The van der Waals surface area contributed by atoms with Crippen molar-refractivity contribution in [1.29, 1.82) is 0 Å². The highest BCUT2D eigenvalue weighted by Gasteiger charge is 1.93. The molecule has 1 aromatic carbocycles. The Morgan fingerprint density at radius 3 is 2.57 bits per heavy atom. The fourth-order valence-corrected chi connectivity index (χ4v) is 1.80. The van der Waals surface area contributed by atoms with Crippen LogP contribution >= 0.6 is 11.8 Å². The Balaban J connectivity index is 2.38. The molecular formula is C12H14OS. The van der Waals surface area contributed by atoms with Crippen LogP contribution < -0.4 is 0 Å². The summed E-state index contributed by atoms with van der Waals surface area (Å²) in [5.41, 5.74) is 0.961. The zero-order valence-electron chi connectivity index (χ0n) is 8.29. The van der Waals surface area contributed by atoms with Gasteiger partial charge < -0.3 is 5.11 Å². The van der Waals surface area contributed by atoms with Crippen LogP contribution in [-0.2, 0) is 6.61 Å². The van der Waals surface area contributed by atoms with Crippen LogP contribution in [0.2, 0.25) is 0 Å². The lowest BCUT2D eigenvalue weighted by Crippen LogP contribution is -1.82. The van der Waals surface area contributed by atoms with E-state index in [1.165, 1.54) is 4.90 Å². The van der Waals surface area contributed by atoms with Gasteiger partial charge in [0.25, 0.3) is 0 Å². The Bertz CT molecular complexity index is 318. The minimum atomic E-state index is 0.117. The lowest BCUT2D eigenvalue weighted by Gasteiger charge is -2.00. The van der Waals surface area contributed by atoms with Crippen molar-refractivity contribution in [1.82, 2.24) is 0 Å². The van der Waals surface area contributed by atoms with E-state index in [4.69, 9.17) is 5.11 Å². The van der Waals surface area contributed by atoms with Gasteiger partial charge in [-0.2, -0.15) is 0 Å². The van der Waals surface area contributed by atoms with Crippen LogP contribution in [0.1, 0.15) is 18.9 Å². The number of rotatable bonds is 4. The monoisotopic (exact) mass is 206 g/mol. The first kappa shape index (κ1) is 11.2. The number of hydrogen-bond acceptors (Lipinski definition) is 2.